The molecule has 0 unspecified atom stereocenters. The molecular weight excluding hydrogens is 179 g/mol. The molecule has 0 aliphatic heterocycles. The van der Waals surface area contributed by atoms with Crippen LogP contribution in [0.4, 0.5) is 0 Å². The van der Waals surface area contributed by atoms with Crippen LogP contribution in [0.5, 0.6) is 0 Å². The molecule has 0 fully saturated rings. The van der Waals surface area contributed by atoms with Crippen molar-refractivity contribution in [3.8, 4) is 0 Å². The first-order valence-electron chi connectivity index (χ1n) is 0. The van der Waals surface area contributed by atoms with Gasteiger partial charge in [0.2, 0.25) is 0 Å². The molecule has 0 N–H and O–H groups in total. The van der Waals surface area contributed by atoms with Crippen LogP contribution in [0.1, 0.15) is 0 Å². The molecule has 5 heteroatoms. The van der Waals surface area contributed by atoms with Gasteiger partial charge in [0.25, 0.3) is 0 Å². The third-order valence-corrected chi connectivity index (χ3v) is 0. The van der Waals surface area contributed by atoms with Crippen molar-refractivity contribution in [2.75, 3.05) is 0 Å². The van der Waals surface area contributed by atoms with Crippen molar-refractivity contribution < 1.29 is 32.9 Å². The van der Waals surface area contributed by atoms with Crippen LogP contribution in [-0.2, 0) is 32.9 Å². The van der Waals surface area contributed by atoms with Gasteiger partial charge in [-0.3, -0.25) is 0 Å². The summed E-state index contributed by atoms with van der Waals surface area (Å²) in [5, 5.41) is 0. The molecule has 0 atom stereocenters. The molecule has 0 saturated heterocycles. The van der Waals surface area contributed by atoms with Gasteiger partial charge >= 0.3 is 34.1 Å². The monoisotopic (exact) mass is 180 g/mol. The van der Waals surface area contributed by atoms with Crippen molar-refractivity contribution in [2.45, 2.75) is 0 Å². The third kappa shape index (κ3) is 49.8. The molecular formula is GeNiO3. The Hall–Kier alpha value is 0.916. The van der Waals surface area contributed by atoms with Crippen molar-refractivity contribution in [3.05, 3.63) is 0 Å². The Kier molecular flexibility index (Phi) is 3060. The van der Waals surface area contributed by atoms with Crippen LogP contribution >= 0.6 is 0 Å². The zero-order chi connectivity index (χ0) is 0. The summed E-state index contributed by atoms with van der Waals surface area (Å²) in [6, 6.07) is 0. The Morgan fingerprint density at radius 3 is 0.600 bits per heavy atom. The maximum atomic E-state index is 0. The van der Waals surface area contributed by atoms with E-state index in [2.05, 4.69) is 0 Å². The van der Waals surface area contributed by atoms with Crippen LogP contribution in [0.25, 0.3) is 0 Å². The summed E-state index contributed by atoms with van der Waals surface area (Å²) >= 11 is 0. The first kappa shape index (κ1) is 170. The first-order valence-corrected chi connectivity index (χ1v) is 0. The van der Waals surface area contributed by atoms with Crippen molar-refractivity contribution in [1.82, 2.24) is 0 Å². The van der Waals surface area contributed by atoms with Crippen LogP contribution in [0, 0.1) is 0 Å². The van der Waals surface area contributed by atoms with Gasteiger partial charge in [-0.2, -0.15) is 0 Å². The van der Waals surface area contributed by atoms with E-state index in [4.69, 9.17) is 0 Å². The largest absolute Gasteiger partial charge is 4.00 e. The van der Waals surface area contributed by atoms with Gasteiger partial charge in [-0.25, -0.2) is 0 Å². The summed E-state index contributed by atoms with van der Waals surface area (Å²) in [7, 11) is 0. The van der Waals surface area contributed by atoms with Gasteiger partial charge < -0.3 is 16.4 Å². The van der Waals surface area contributed by atoms with Gasteiger partial charge in [0.15, 0.2) is 0 Å². The van der Waals surface area contributed by atoms with Gasteiger partial charge in [0, 0.05) is 0 Å². The molecule has 0 aromatic carbocycles. The number of hydrogen-bond donors (Lipinski definition) is 0. The Balaban J connectivity index is 0. The smallest absolute Gasteiger partial charge is 2.00 e. The summed E-state index contributed by atoms with van der Waals surface area (Å²) < 4.78 is 0. The maximum absolute atomic E-state index is 0. The second-order valence-electron chi connectivity index (χ2n) is 0. The third-order valence-electron chi connectivity index (χ3n) is 0. The normalized spacial score (nSPS) is 0. The molecule has 5 heavy (non-hydrogen) atoms. The minimum atomic E-state index is 0. The molecule has 0 aromatic heterocycles. The summed E-state index contributed by atoms with van der Waals surface area (Å²) in [6.45, 7) is 0. The van der Waals surface area contributed by atoms with E-state index in [1.807, 2.05) is 0 Å². The molecule has 0 amide bonds. The molecule has 0 spiro atoms. The summed E-state index contributed by atoms with van der Waals surface area (Å²) in [6.07, 6.45) is 0. The Morgan fingerprint density at radius 1 is 0.600 bits per heavy atom. The molecule has 0 aliphatic rings. The first-order chi connectivity index (χ1) is 0. The van der Waals surface area contributed by atoms with E-state index < -0.39 is 0 Å². The van der Waals surface area contributed by atoms with E-state index in [1.165, 1.54) is 0 Å². The topological polar surface area (TPSA) is 85.5 Å². The molecule has 0 saturated carbocycles. The van der Waals surface area contributed by atoms with E-state index in [-0.39, 0.29) is 50.5 Å². The van der Waals surface area contributed by atoms with Gasteiger partial charge in [-0.1, -0.05) is 0 Å². The van der Waals surface area contributed by atoms with Crippen molar-refractivity contribution in [2.24, 2.45) is 0 Å². The van der Waals surface area contributed by atoms with Crippen LogP contribution in [0.3, 0.4) is 0 Å². The summed E-state index contributed by atoms with van der Waals surface area (Å²) in [4.78, 5) is 0. The molecule has 3 nitrogen and oxygen atoms in total. The molecule has 0 aromatic rings. The van der Waals surface area contributed by atoms with Gasteiger partial charge in [0.05, 0.1) is 0 Å². The van der Waals surface area contributed by atoms with Crippen LogP contribution in [-0.4, -0.2) is 17.6 Å². The number of rotatable bonds is 0. The van der Waals surface area contributed by atoms with Crippen molar-refractivity contribution in [3.63, 3.8) is 0 Å². The molecule has 0 radical (unpaired) electrons. The van der Waals surface area contributed by atoms with Crippen molar-refractivity contribution in [1.29, 1.82) is 0 Å². The zero-order valence-corrected chi connectivity index (χ0v) is 5.13. The minimum absolute atomic E-state index is 0. The zero-order valence-electron chi connectivity index (χ0n) is 2.04. The van der Waals surface area contributed by atoms with Gasteiger partial charge in [0.1, 0.15) is 0 Å². The second kappa shape index (κ2) is 89.8. The van der Waals surface area contributed by atoms with Gasteiger partial charge in [-0.15, -0.1) is 0 Å². The van der Waals surface area contributed by atoms with E-state index in [0.717, 1.165) is 0 Å². The SMILES string of the molecule is [Ge+4].[Ni+2].[O-2].[O-2].[O-2]. The van der Waals surface area contributed by atoms with Crippen LogP contribution < -0.4 is 0 Å². The predicted octanol–water partition coefficient (Wildman–Crippen LogP) is -0.740. The Morgan fingerprint density at radius 2 is 0.600 bits per heavy atom. The van der Waals surface area contributed by atoms with Crippen molar-refractivity contribution >= 4 is 17.6 Å². The minimum Gasteiger partial charge on any atom is -2.00 e. The fourth-order valence-corrected chi connectivity index (χ4v) is 0. The fourth-order valence-electron chi connectivity index (χ4n) is 0. The average Bonchev–Trinajstić information content (AvgIpc) is 0. The number of hydrogen-bond acceptors (Lipinski definition) is 0. The fraction of sp³-hybridized carbons (Fsp3) is 0. The van der Waals surface area contributed by atoms with Crippen LogP contribution in [0.2, 0.25) is 0 Å². The molecule has 0 aliphatic carbocycles. The Bertz CT molecular complexity index is 6.85. The summed E-state index contributed by atoms with van der Waals surface area (Å²) in [5.74, 6) is 0. The second-order valence-corrected chi connectivity index (χ2v) is 0. The van der Waals surface area contributed by atoms with E-state index in [0.29, 0.717) is 0 Å². The quantitative estimate of drug-likeness (QED) is 0.439. The molecule has 0 bridgehead atoms. The maximum Gasteiger partial charge on any atom is 4.00 e. The standard InChI is InChI=1S/Ge.Ni.3O/q+4;+2;3*-2. The van der Waals surface area contributed by atoms with E-state index in [1.54, 1.807) is 0 Å². The molecule has 32 valence electrons. The van der Waals surface area contributed by atoms with E-state index >= 15 is 0 Å². The molecule has 0 heterocycles. The summed E-state index contributed by atoms with van der Waals surface area (Å²) in [5.41, 5.74) is 0. The van der Waals surface area contributed by atoms with Gasteiger partial charge in [-0.05, 0) is 0 Å². The average molecular weight is 179 g/mol. The predicted molar refractivity (Wildman–Crippen MR) is 7.81 cm³/mol. The van der Waals surface area contributed by atoms with E-state index in [9.17, 15) is 0 Å². The molecule has 0 rings (SSSR count). The Labute approximate surface area is 51.0 Å². The van der Waals surface area contributed by atoms with Crippen LogP contribution in [0.15, 0.2) is 0 Å².